The van der Waals surface area contributed by atoms with Gasteiger partial charge in [0.05, 0.1) is 11.3 Å². The van der Waals surface area contributed by atoms with Gasteiger partial charge in [0, 0.05) is 29.6 Å². The van der Waals surface area contributed by atoms with E-state index in [0.29, 0.717) is 34.3 Å². The first-order valence-corrected chi connectivity index (χ1v) is 9.51. The minimum Gasteiger partial charge on any atom is -0.361 e. The predicted molar refractivity (Wildman–Crippen MR) is 103 cm³/mol. The van der Waals surface area contributed by atoms with Gasteiger partial charge >= 0.3 is 0 Å². The van der Waals surface area contributed by atoms with E-state index in [4.69, 9.17) is 16.1 Å². The smallest absolute Gasteiger partial charge is 0.254 e. The summed E-state index contributed by atoms with van der Waals surface area (Å²) in [7, 11) is 0. The van der Waals surface area contributed by atoms with Gasteiger partial charge in [-0.3, -0.25) is 4.79 Å². The van der Waals surface area contributed by atoms with Crippen LogP contribution in [0.2, 0.25) is 5.02 Å². The molecule has 0 radical (unpaired) electrons. The van der Waals surface area contributed by atoms with Crippen molar-refractivity contribution in [3.05, 3.63) is 76.3 Å². The summed E-state index contributed by atoms with van der Waals surface area (Å²) in [5.41, 5.74) is 2.47. The van der Waals surface area contributed by atoms with Gasteiger partial charge in [-0.2, -0.15) is 0 Å². The minimum atomic E-state index is -0.140. The van der Waals surface area contributed by atoms with Gasteiger partial charge in [-0.05, 0) is 43.2 Å². The first kappa shape index (κ1) is 18.5. The summed E-state index contributed by atoms with van der Waals surface area (Å²) >= 11 is 7.44. The molecule has 0 saturated carbocycles. The number of aromatic nitrogens is 2. The zero-order valence-electron chi connectivity index (χ0n) is 14.2. The minimum absolute atomic E-state index is 0.140. The molecule has 0 saturated heterocycles. The largest absolute Gasteiger partial charge is 0.361 e. The highest BCUT2D eigenvalue weighted by atomic mass is 35.5. The van der Waals surface area contributed by atoms with E-state index in [0.717, 1.165) is 17.0 Å². The van der Waals surface area contributed by atoms with Crippen molar-refractivity contribution in [3.8, 4) is 0 Å². The molecule has 26 heavy (non-hydrogen) atoms. The highest BCUT2D eigenvalue weighted by Crippen LogP contribution is 2.24. The van der Waals surface area contributed by atoms with Gasteiger partial charge in [0.15, 0.2) is 0 Å². The van der Waals surface area contributed by atoms with E-state index < -0.39 is 0 Å². The van der Waals surface area contributed by atoms with E-state index in [1.54, 1.807) is 18.3 Å². The topological polar surface area (TPSA) is 68.0 Å². The molecule has 0 bridgehead atoms. The van der Waals surface area contributed by atoms with Crippen LogP contribution >= 0.6 is 23.4 Å². The van der Waals surface area contributed by atoms with Gasteiger partial charge in [-0.25, -0.2) is 4.98 Å². The van der Waals surface area contributed by atoms with Crippen molar-refractivity contribution in [2.24, 2.45) is 0 Å². The Morgan fingerprint density at radius 2 is 2.15 bits per heavy atom. The molecule has 1 amide bonds. The van der Waals surface area contributed by atoms with Crippen LogP contribution in [0.5, 0.6) is 0 Å². The highest BCUT2D eigenvalue weighted by Gasteiger charge is 2.13. The standard InChI is InChI=1S/C19H18ClN3O2S/c1-13-10-16(23-25-13)12-26-19-17(6-3-8-22-19)18(24)21-9-7-14-4-2-5-15(20)11-14/h2-6,8,10-11H,7,9,12H2,1H3,(H,21,24). The molecule has 0 aliphatic rings. The Balaban J connectivity index is 1.58. The fraction of sp³-hybridized carbons (Fsp3) is 0.211. The number of nitrogens with one attached hydrogen (secondary N) is 1. The average molecular weight is 388 g/mol. The number of aryl methyl sites for hydroxylation is 1. The number of hydrogen-bond donors (Lipinski definition) is 1. The Bertz CT molecular complexity index is 898. The molecule has 7 heteroatoms. The van der Waals surface area contributed by atoms with Crippen LogP contribution in [0.1, 0.15) is 27.4 Å². The van der Waals surface area contributed by atoms with Crippen LogP contribution in [-0.4, -0.2) is 22.6 Å². The highest BCUT2D eigenvalue weighted by molar-refractivity contribution is 7.98. The number of halogens is 1. The second-order valence-electron chi connectivity index (χ2n) is 5.71. The Kier molecular flexibility index (Phi) is 6.30. The van der Waals surface area contributed by atoms with Crippen LogP contribution in [-0.2, 0) is 12.2 Å². The first-order valence-electron chi connectivity index (χ1n) is 8.14. The maximum absolute atomic E-state index is 12.5. The molecule has 0 aliphatic carbocycles. The molecule has 1 aromatic carbocycles. The number of carbonyl (C=O) groups is 1. The van der Waals surface area contributed by atoms with Crippen LogP contribution in [0.3, 0.4) is 0 Å². The monoisotopic (exact) mass is 387 g/mol. The molecule has 2 aromatic heterocycles. The lowest BCUT2D eigenvalue weighted by Gasteiger charge is -2.09. The third-order valence-corrected chi connectivity index (χ3v) is 4.91. The number of carbonyl (C=O) groups excluding carboxylic acids is 1. The zero-order chi connectivity index (χ0) is 18.4. The van der Waals surface area contributed by atoms with Crippen molar-refractivity contribution in [3.63, 3.8) is 0 Å². The molecule has 2 heterocycles. The van der Waals surface area contributed by atoms with E-state index in [9.17, 15) is 4.79 Å². The summed E-state index contributed by atoms with van der Waals surface area (Å²) in [4.78, 5) is 16.8. The molecule has 5 nitrogen and oxygen atoms in total. The second-order valence-corrected chi connectivity index (χ2v) is 7.11. The van der Waals surface area contributed by atoms with Crippen LogP contribution in [0.25, 0.3) is 0 Å². The lowest BCUT2D eigenvalue weighted by molar-refractivity contribution is 0.0950. The number of nitrogens with zero attached hydrogens (tertiary/aromatic N) is 2. The Labute approximate surface area is 161 Å². The second kappa shape index (κ2) is 8.87. The molecule has 0 aliphatic heterocycles. The maximum Gasteiger partial charge on any atom is 0.254 e. The number of amides is 1. The van der Waals surface area contributed by atoms with Crippen molar-refractivity contribution in [1.82, 2.24) is 15.5 Å². The summed E-state index contributed by atoms with van der Waals surface area (Å²) in [5, 5.41) is 8.27. The average Bonchev–Trinajstić information content (AvgIpc) is 3.05. The van der Waals surface area contributed by atoms with Gasteiger partial charge in [0.1, 0.15) is 10.8 Å². The summed E-state index contributed by atoms with van der Waals surface area (Å²) in [6, 6.07) is 13.0. The van der Waals surface area contributed by atoms with Crippen LogP contribution < -0.4 is 5.32 Å². The zero-order valence-corrected chi connectivity index (χ0v) is 15.8. The maximum atomic E-state index is 12.5. The lowest BCUT2D eigenvalue weighted by atomic mass is 10.1. The first-order chi connectivity index (χ1) is 12.6. The third kappa shape index (κ3) is 5.09. The van der Waals surface area contributed by atoms with Crippen molar-refractivity contribution < 1.29 is 9.32 Å². The van der Waals surface area contributed by atoms with Gasteiger partial charge in [-0.15, -0.1) is 0 Å². The van der Waals surface area contributed by atoms with E-state index >= 15 is 0 Å². The summed E-state index contributed by atoms with van der Waals surface area (Å²) in [6.07, 6.45) is 2.40. The van der Waals surface area contributed by atoms with Crippen molar-refractivity contribution in [2.45, 2.75) is 24.1 Å². The van der Waals surface area contributed by atoms with Crippen LogP contribution in [0, 0.1) is 6.92 Å². The fourth-order valence-corrected chi connectivity index (χ4v) is 3.50. The molecule has 134 valence electrons. The van der Waals surface area contributed by atoms with E-state index in [1.165, 1.54) is 11.8 Å². The lowest BCUT2D eigenvalue weighted by Crippen LogP contribution is -2.26. The van der Waals surface area contributed by atoms with Gasteiger partial charge < -0.3 is 9.84 Å². The number of benzene rings is 1. The van der Waals surface area contributed by atoms with Crippen LogP contribution in [0.4, 0.5) is 0 Å². The number of thioether (sulfide) groups is 1. The molecular formula is C19H18ClN3O2S. The number of pyridine rings is 1. The summed E-state index contributed by atoms with van der Waals surface area (Å²) < 4.78 is 5.06. The Morgan fingerprint density at radius 3 is 2.92 bits per heavy atom. The van der Waals surface area contributed by atoms with Crippen molar-refractivity contribution >= 4 is 29.3 Å². The molecular weight excluding hydrogens is 370 g/mol. The Morgan fingerprint density at radius 1 is 1.27 bits per heavy atom. The predicted octanol–water partition coefficient (Wildman–Crippen LogP) is 4.30. The number of hydrogen-bond acceptors (Lipinski definition) is 5. The third-order valence-electron chi connectivity index (χ3n) is 3.64. The summed E-state index contributed by atoms with van der Waals surface area (Å²) in [6.45, 7) is 2.38. The molecule has 0 atom stereocenters. The normalized spacial score (nSPS) is 10.7. The van der Waals surface area contributed by atoms with Crippen molar-refractivity contribution in [2.75, 3.05) is 6.54 Å². The summed E-state index contributed by atoms with van der Waals surface area (Å²) in [5.74, 6) is 1.22. The van der Waals surface area contributed by atoms with E-state index in [-0.39, 0.29) is 5.91 Å². The molecule has 3 aromatic rings. The van der Waals surface area contributed by atoms with E-state index in [1.807, 2.05) is 37.3 Å². The molecule has 0 fully saturated rings. The quantitative estimate of drug-likeness (QED) is 0.612. The fourth-order valence-electron chi connectivity index (χ4n) is 2.41. The Hall–Kier alpha value is -2.31. The molecule has 1 N–H and O–H groups in total. The van der Waals surface area contributed by atoms with Crippen molar-refractivity contribution in [1.29, 1.82) is 0 Å². The van der Waals surface area contributed by atoms with Gasteiger partial charge in [0.25, 0.3) is 5.91 Å². The van der Waals surface area contributed by atoms with Gasteiger partial charge in [-0.1, -0.05) is 40.7 Å². The van der Waals surface area contributed by atoms with Crippen LogP contribution in [0.15, 0.2) is 58.2 Å². The number of rotatable bonds is 7. The van der Waals surface area contributed by atoms with E-state index in [2.05, 4.69) is 15.5 Å². The van der Waals surface area contributed by atoms with Gasteiger partial charge in [0.2, 0.25) is 0 Å². The SMILES string of the molecule is Cc1cc(CSc2ncccc2C(=O)NCCc2cccc(Cl)c2)no1. The molecule has 0 unspecified atom stereocenters. The molecule has 0 spiro atoms. The molecule has 3 rings (SSSR count).